The van der Waals surface area contributed by atoms with Gasteiger partial charge >= 0.3 is 0 Å². The SMILES string of the molecule is COc1ccc(CCC(=O)c2ccnc(C)c2)cc1. The quantitative estimate of drug-likeness (QED) is 0.770. The Morgan fingerprint density at radius 1 is 1.21 bits per heavy atom. The average molecular weight is 255 g/mol. The second-order valence-electron chi connectivity index (χ2n) is 4.46. The number of methoxy groups -OCH3 is 1. The molecule has 0 saturated carbocycles. The minimum atomic E-state index is 0.154. The van der Waals surface area contributed by atoms with E-state index in [4.69, 9.17) is 4.74 Å². The smallest absolute Gasteiger partial charge is 0.163 e. The average Bonchev–Trinajstić information content (AvgIpc) is 2.45. The Morgan fingerprint density at radius 3 is 2.58 bits per heavy atom. The number of hydrogen-bond acceptors (Lipinski definition) is 3. The molecule has 1 heterocycles. The Kier molecular flexibility index (Phi) is 4.29. The van der Waals surface area contributed by atoms with Gasteiger partial charge in [0.1, 0.15) is 5.75 Å². The molecule has 0 saturated heterocycles. The van der Waals surface area contributed by atoms with Crippen molar-refractivity contribution < 1.29 is 9.53 Å². The van der Waals surface area contributed by atoms with Gasteiger partial charge in [-0.15, -0.1) is 0 Å². The van der Waals surface area contributed by atoms with E-state index >= 15 is 0 Å². The van der Waals surface area contributed by atoms with Crippen molar-refractivity contribution in [3.05, 3.63) is 59.4 Å². The third kappa shape index (κ3) is 3.65. The first-order valence-electron chi connectivity index (χ1n) is 6.28. The zero-order valence-corrected chi connectivity index (χ0v) is 11.2. The zero-order chi connectivity index (χ0) is 13.7. The second kappa shape index (κ2) is 6.14. The monoisotopic (exact) mass is 255 g/mol. The summed E-state index contributed by atoms with van der Waals surface area (Å²) in [4.78, 5) is 16.1. The van der Waals surface area contributed by atoms with E-state index in [0.717, 1.165) is 29.0 Å². The van der Waals surface area contributed by atoms with Crippen molar-refractivity contribution in [1.29, 1.82) is 0 Å². The Bertz CT molecular complexity index is 561. The number of ketones is 1. The summed E-state index contributed by atoms with van der Waals surface area (Å²) in [5, 5.41) is 0. The molecular weight excluding hydrogens is 238 g/mol. The number of hydrogen-bond donors (Lipinski definition) is 0. The lowest BCUT2D eigenvalue weighted by Crippen LogP contribution is -2.02. The first-order chi connectivity index (χ1) is 9.19. The lowest BCUT2D eigenvalue weighted by Gasteiger charge is -2.04. The van der Waals surface area contributed by atoms with E-state index in [0.29, 0.717) is 6.42 Å². The summed E-state index contributed by atoms with van der Waals surface area (Å²) in [6.07, 6.45) is 2.93. The fraction of sp³-hybridized carbons (Fsp3) is 0.250. The first-order valence-corrected chi connectivity index (χ1v) is 6.28. The van der Waals surface area contributed by atoms with Crippen LogP contribution in [0.25, 0.3) is 0 Å². The van der Waals surface area contributed by atoms with E-state index < -0.39 is 0 Å². The summed E-state index contributed by atoms with van der Waals surface area (Å²) in [7, 11) is 1.64. The molecule has 0 radical (unpaired) electrons. The molecule has 1 aromatic carbocycles. The molecule has 1 aromatic heterocycles. The minimum Gasteiger partial charge on any atom is -0.497 e. The van der Waals surface area contributed by atoms with Gasteiger partial charge in [-0.3, -0.25) is 9.78 Å². The van der Waals surface area contributed by atoms with Crippen molar-refractivity contribution >= 4 is 5.78 Å². The molecular formula is C16H17NO2. The number of Topliss-reactive ketones (excluding diaryl/α,β-unsaturated/α-hetero) is 1. The number of aromatic nitrogens is 1. The van der Waals surface area contributed by atoms with Crippen LogP contribution in [0.4, 0.5) is 0 Å². The molecule has 0 aliphatic heterocycles. The van der Waals surface area contributed by atoms with E-state index in [2.05, 4.69) is 4.98 Å². The molecule has 0 atom stereocenters. The van der Waals surface area contributed by atoms with Crippen LogP contribution in [0.15, 0.2) is 42.6 Å². The number of rotatable bonds is 5. The van der Waals surface area contributed by atoms with Crippen molar-refractivity contribution in [1.82, 2.24) is 4.98 Å². The number of carbonyl (C=O) groups excluding carboxylic acids is 1. The highest BCUT2D eigenvalue weighted by Crippen LogP contribution is 2.14. The molecule has 2 rings (SSSR count). The molecule has 0 fully saturated rings. The molecule has 0 aliphatic carbocycles. The predicted octanol–water partition coefficient (Wildman–Crippen LogP) is 3.21. The molecule has 0 unspecified atom stereocenters. The highest BCUT2D eigenvalue weighted by Gasteiger charge is 2.06. The highest BCUT2D eigenvalue weighted by atomic mass is 16.5. The van der Waals surface area contributed by atoms with Crippen LogP contribution < -0.4 is 4.74 Å². The summed E-state index contributed by atoms with van der Waals surface area (Å²) < 4.78 is 5.10. The summed E-state index contributed by atoms with van der Waals surface area (Å²) in [5.41, 5.74) is 2.75. The van der Waals surface area contributed by atoms with E-state index in [-0.39, 0.29) is 5.78 Å². The van der Waals surface area contributed by atoms with Crippen LogP contribution in [0.3, 0.4) is 0 Å². The van der Waals surface area contributed by atoms with Crippen LogP contribution >= 0.6 is 0 Å². The Hall–Kier alpha value is -2.16. The molecule has 0 amide bonds. The van der Waals surface area contributed by atoms with Gasteiger partial charge in [-0.05, 0) is 43.2 Å². The molecule has 0 bridgehead atoms. The van der Waals surface area contributed by atoms with Crippen LogP contribution in [0.5, 0.6) is 5.75 Å². The number of aryl methyl sites for hydroxylation is 2. The first kappa shape index (κ1) is 13.3. The topological polar surface area (TPSA) is 39.2 Å². The fourth-order valence-electron chi connectivity index (χ4n) is 1.91. The van der Waals surface area contributed by atoms with Gasteiger partial charge in [0, 0.05) is 23.9 Å². The van der Waals surface area contributed by atoms with Gasteiger partial charge in [-0.2, -0.15) is 0 Å². The van der Waals surface area contributed by atoms with E-state index in [1.165, 1.54) is 0 Å². The van der Waals surface area contributed by atoms with Crippen molar-refractivity contribution in [2.24, 2.45) is 0 Å². The summed E-state index contributed by atoms with van der Waals surface area (Å²) in [5.74, 6) is 0.987. The summed E-state index contributed by atoms with van der Waals surface area (Å²) in [6, 6.07) is 11.4. The molecule has 0 spiro atoms. The van der Waals surface area contributed by atoms with E-state index in [1.807, 2.05) is 37.3 Å². The van der Waals surface area contributed by atoms with Gasteiger partial charge in [-0.25, -0.2) is 0 Å². The van der Waals surface area contributed by atoms with Crippen molar-refractivity contribution in [3.63, 3.8) is 0 Å². The fourth-order valence-corrected chi connectivity index (χ4v) is 1.91. The summed E-state index contributed by atoms with van der Waals surface area (Å²) >= 11 is 0. The zero-order valence-electron chi connectivity index (χ0n) is 11.2. The molecule has 19 heavy (non-hydrogen) atoms. The van der Waals surface area contributed by atoms with Gasteiger partial charge in [0.15, 0.2) is 5.78 Å². The molecule has 98 valence electrons. The van der Waals surface area contributed by atoms with Crippen LogP contribution in [-0.4, -0.2) is 17.9 Å². The summed E-state index contributed by atoms with van der Waals surface area (Å²) in [6.45, 7) is 1.89. The lowest BCUT2D eigenvalue weighted by molar-refractivity contribution is 0.0982. The number of nitrogens with zero attached hydrogens (tertiary/aromatic N) is 1. The van der Waals surface area contributed by atoms with E-state index in [9.17, 15) is 4.79 Å². The second-order valence-corrected chi connectivity index (χ2v) is 4.46. The van der Waals surface area contributed by atoms with Crippen molar-refractivity contribution in [3.8, 4) is 5.75 Å². The largest absolute Gasteiger partial charge is 0.497 e. The maximum absolute atomic E-state index is 12.0. The lowest BCUT2D eigenvalue weighted by atomic mass is 10.0. The number of pyridine rings is 1. The predicted molar refractivity (Wildman–Crippen MR) is 74.6 cm³/mol. The molecule has 3 nitrogen and oxygen atoms in total. The minimum absolute atomic E-state index is 0.154. The maximum Gasteiger partial charge on any atom is 0.163 e. The van der Waals surface area contributed by atoms with Gasteiger partial charge in [0.2, 0.25) is 0 Å². The molecule has 0 aliphatic rings. The highest BCUT2D eigenvalue weighted by molar-refractivity contribution is 5.96. The number of benzene rings is 1. The third-order valence-corrected chi connectivity index (χ3v) is 3.02. The normalized spacial score (nSPS) is 10.2. The Balaban J connectivity index is 1.96. The number of ether oxygens (including phenoxy) is 1. The number of carbonyl (C=O) groups is 1. The van der Waals surface area contributed by atoms with Gasteiger partial charge in [0.05, 0.1) is 7.11 Å². The maximum atomic E-state index is 12.0. The van der Waals surface area contributed by atoms with E-state index in [1.54, 1.807) is 19.4 Å². The van der Waals surface area contributed by atoms with Crippen LogP contribution in [0, 0.1) is 6.92 Å². The van der Waals surface area contributed by atoms with Crippen molar-refractivity contribution in [2.45, 2.75) is 19.8 Å². The standard InChI is InChI=1S/C16H17NO2/c1-12-11-14(9-10-17-12)16(18)8-5-13-3-6-15(19-2)7-4-13/h3-4,6-7,9-11H,5,8H2,1-2H3. The third-order valence-electron chi connectivity index (χ3n) is 3.02. The van der Waals surface area contributed by atoms with Crippen LogP contribution in [0.2, 0.25) is 0 Å². The Labute approximate surface area is 113 Å². The van der Waals surface area contributed by atoms with Crippen LogP contribution in [-0.2, 0) is 6.42 Å². The van der Waals surface area contributed by atoms with Gasteiger partial charge < -0.3 is 4.74 Å². The van der Waals surface area contributed by atoms with Gasteiger partial charge in [-0.1, -0.05) is 12.1 Å². The molecule has 0 N–H and O–H groups in total. The molecule has 2 aromatic rings. The Morgan fingerprint density at radius 2 is 1.95 bits per heavy atom. The van der Waals surface area contributed by atoms with Crippen molar-refractivity contribution in [2.75, 3.05) is 7.11 Å². The van der Waals surface area contributed by atoms with Gasteiger partial charge in [0.25, 0.3) is 0 Å². The van der Waals surface area contributed by atoms with Crippen LogP contribution in [0.1, 0.15) is 28.0 Å². The molecule has 3 heteroatoms.